The van der Waals surface area contributed by atoms with Gasteiger partial charge < -0.3 is 4.90 Å². The fourth-order valence-electron chi connectivity index (χ4n) is 0.797. The lowest BCUT2D eigenvalue weighted by atomic mass is 10.2. The average molecular weight is 263 g/mol. The minimum absolute atomic E-state index is 0.412. The first-order valence-electron chi connectivity index (χ1n) is 5.03. The Labute approximate surface area is 110 Å². The zero-order valence-electron chi connectivity index (χ0n) is 10.0. The molecule has 0 aliphatic rings. The second kappa shape index (κ2) is 6.81. The molecule has 0 rings (SSSR count). The van der Waals surface area contributed by atoms with Crippen LogP contribution in [-0.2, 0) is 0 Å². The number of rotatable bonds is 4. The third kappa shape index (κ3) is 5.27. The third-order valence-corrected chi connectivity index (χ3v) is 3.93. The summed E-state index contributed by atoms with van der Waals surface area (Å²) >= 11 is 13.3. The first kappa shape index (κ1) is 15.3. The van der Waals surface area contributed by atoms with Gasteiger partial charge in [-0.1, -0.05) is 13.8 Å². The molecule has 0 atom stereocenters. The molecule has 15 heavy (non-hydrogen) atoms. The Morgan fingerprint density at radius 2 is 1.53 bits per heavy atom. The van der Waals surface area contributed by atoms with Crippen LogP contribution in [0.25, 0.3) is 0 Å². The van der Waals surface area contributed by atoms with Gasteiger partial charge in [0.25, 0.3) is 0 Å². The van der Waals surface area contributed by atoms with Gasteiger partial charge >= 0.3 is 0 Å². The molecule has 0 bridgehead atoms. The molecule has 0 radical (unpaired) electrons. The summed E-state index contributed by atoms with van der Waals surface area (Å²) in [7, 11) is 2.00. The largest absolute Gasteiger partial charge is 0.366 e. The predicted octanol–water partition coefficient (Wildman–Crippen LogP) is 3.83. The quantitative estimate of drug-likeness (QED) is 0.513. The van der Waals surface area contributed by atoms with Crippen LogP contribution in [-0.4, -0.2) is 18.0 Å². The summed E-state index contributed by atoms with van der Waals surface area (Å²) < 4.78 is 0. The summed E-state index contributed by atoms with van der Waals surface area (Å²) in [6, 6.07) is 0.412. The summed E-state index contributed by atoms with van der Waals surface area (Å²) in [4.78, 5) is 3.94. The summed E-state index contributed by atoms with van der Waals surface area (Å²) in [5.41, 5.74) is 0. The first-order chi connectivity index (χ1) is 6.77. The Morgan fingerprint density at radius 1 is 1.07 bits per heavy atom. The number of allylic oxidation sites excluding steroid dienone is 2. The minimum Gasteiger partial charge on any atom is -0.366 e. The van der Waals surface area contributed by atoms with Crippen LogP contribution in [0.4, 0.5) is 0 Å². The van der Waals surface area contributed by atoms with Crippen LogP contribution in [0.1, 0.15) is 27.7 Å². The number of nitrogens with zero attached hydrogens (tertiary/aromatic N) is 1. The van der Waals surface area contributed by atoms with E-state index in [1.165, 1.54) is 0 Å². The fraction of sp³-hybridized carbons (Fsp3) is 0.636. The molecule has 0 saturated heterocycles. The van der Waals surface area contributed by atoms with Crippen LogP contribution >= 0.6 is 37.9 Å². The summed E-state index contributed by atoms with van der Waals surface area (Å²) in [6.45, 7) is 8.44. The van der Waals surface area contributed by atoms with E-state index in [0.29, 0.717) is 12.0 Å². The molecule has 0 unspecified atom stereocenters. The highest BCUT2D eigenvalue weighted by atomic mass is 32.1. The predicted molar refractivity (Wildman–Crippen MR) is 79.8 cm³/mol. The second-order valence-corrected chi connectivity index (χ2v) is 5.56. The van der Waals surface area contributed by atoms with E-state index in [1.807, 2.05) is 13.1 Å². The minimum atomic E-state index is 0.412. The van der Waals surface area contributed by atoms with E-state index in [-0.39, 0.29) is 0 Å². The van der Waals surface area contributed by atoms with E-state index < -0.39 is 0 Å². The first-order valence-corrected chi connectivity index (χ1v) is 6.37. The molecular formula is C11H21NS3. The molecule has 0 aromatic carbocycles. The van der Waals surface area contributed by atoms with Crippen molar-refractivity contribution in [1.82, 2.24) is 4.90 Å². The molecule has 0 aliphatic heterocycles. The molecule has 0 heterocycles. The van der Waals surface area contributed by atoms with Gasteiger partial charge in [-0.05, 0) is 30.7 Å². The highest BCUT2D eigenvalue weighted by Gasteiger charge is 2.08. The molecule has 0 amide bonds. The maximum absolute atomic E-state index is 4.45. The lowest BCUT2D eigenvalue weighted by molar-refractivity contribution is 0.367. The normalized spacial score (nSPS) is 14.7. The third-order valence-electron chi connectivity index (χ3n) is 2.21. The van der Waals surface area contributed by atoms with Crippen LogP contribution in [0.15, 0.2) is 20.9 Å². The maximum atomic E-state index is 4.45. The van der Waals surface area contributed by atoms with Gasteiger partial charge in [-0.2, -0.15) is 0 Å². The van der Waals surface area contributed by atoms with Crippen LogP contribution in [0, 0.1) is 5.92 Å². The second-order valence-electron chi connectivity index (χ2n) is 4.14. The number of thiol groups is 3. The molecule has 0 aromatic rings. The Morgan fingerprint density at radius 3 is 1.87 bits per heavy atom. The van der Waals surface area contributed by atoms with Gasteiger partial charge in [0.05, 0.1) is 5.03 Å². The maximum Gasteiger partial charge on any atom is 0.0812 e. The zero-order valence-corrected chi connectivity index (χ0v) is 12.7. The summed E-state index contributed by atoms with van der Waals surface area (Å²) in [6.07, 6.45) is 1.96. The molecule has 88 valence electrons. The van der Waals surface area contributed by atoms with E-state index in [9.17, 15) is 0 Å². The van der Waals surface area contributed by atoms with Crippen molar-refractivity contribution in [3.05, 3.63) is 20.9 Å². The number of hydrogen-bond donors (Lipinski definition) is 3. The van der Waals surface area contributed by atoms with Gasteiger partial charge in [0.1, 0.15) is 0 Å². The number of hydrogen-bond acceptors (Lipinski definition) is 4. The van der Waals surface area contributed by atoms with Gasteiger partial charge in [-0.25, -0.2) is 0 Å². The van der Waals surface area contributed by atoms with Crippen molar-refractivity contribution in [3.63, 3.8) is 0 Å². The SMILES string of the molecule is CC(C)/C(S)=C\C(S)=C(/S)N(C)C(C)C. The zero-order chi connectivity index (χ0) is 12.2. The van der Waals surface area contributed by atoms with E-state index in [4.69, 9.17) is 0 Å². The van der Waals surface area contributed by atoms with Crippen molar-refractivity contribution >= 4 is 37.9 Å². The van der Waals surface area contributed by atoms with Crippen molar-refractivity contribution in [1.29, 1.82) is 0 Å². The summed E-state index contributed by atoms with van der Waals surface area (Å²) in [5.74, 6) is 0.418. The van der Waals surface area contributed by atoms with Crippen molar-refractivity contribution < 1.29 is 0 Å². The molecule has 0 saturated carbocycles. The van der Waals surface area contributed by atoms with Crippen LogP contribution in [0.5, 0.6) is 0 Å². The molecule has 1 nitrogen and oxygen atoms in total. The van der Waals surface area contributed by atoms with Crippen LogP contribution < -0.4 is 0 Å². The molecular weight excluding hydrogens is 242 g/mol. The standard InChI is InChI=1S/C11H21NS3/c1-7(2)9(13)6-10(14)11(15)12(5)8(3)4/h6-8,13-15H,1-5H3/b9-6+,11-10+. The van der Waals surface area contributed by atoms with Crippen molar-refractivity contribution in [3.8, 4) is 0 Å². The van der Waals surface area contributed by atoms with Crippen LogP contribution in [0.3, 0.4) is 0 Å². The van der Waals surface area contributed by atoms with E-state index in [0.717, 1.165) is 14.8 Å². The van der Waals surface area contributed by atoms with E-state index >= 15 is 0 Å². The molecule has 0 spiro atoms. The molecule has 0 N–H and O–H groups in total. The monoisotopic (exact) mass is 263 g/mol. The van der Waals surface area contributed by atoms with Gasteiger partial charge in [-0.3, -0.25) is 0 Å². The highest BCUT2D eigenvalue weighted by molar-refractivity contribution is 7.88. The molecule has 0 fully saturated rings. The van der Waals surface area contributed by atoms with E-state index in [1.54, 1.807) is 0 Å². The van der Waals surface area contributed by atoms with Crippen molar-refractivity contribution in [2.75, 3.05) is 7.05 Å². The van der Waals surface area contributed by atoms with Gasteiger partial charge in [0, 0.05) is 18.0 Å². The molecule has 4 heteroatoms. The topological polar surface area (TPSA) is 3.24 Å². The van der Waals surface area contributed by atoms with Crippen molar-refractivity contribution in [2.24, 2.45) is 5.92 Å². The van der Waals surface area contributed by atoms with E-state index in [2.05, 4.69) is 70.5 Å². The summed E-state index contributed by atoms with van der Waals surface area (Å²) in [5, 5.41) is 0.875. The Balaban J connectivity index is 4.87. The Kier molecular flexibility index (Phi) is 6.96. The van der Waals surface area contributed by atoms with Gasteiger partial charge in [0.15, 0.2) is 0 Å². The Bertz CT molecular complexity index is 267. The average Bonchev–Trinajstić information content (AvgIpc) is 2.14. The van der Waals surface area contributed by atoms with Gasteiger partial charge in [-0.15, -0.1) is 37.9 Å². The molecule has 0 aliphatic carbocycles. The smallest absolute Gasteiger partial charge is 0.0812 e. The lowest BCUT2D eigenvalue weighted by Crippen LogP contribution is -2.23. The van der Waals surface area contributed by atoms with Gasteiger partial charge in [0.2, 0.25) is 0 Å². The molecule has 0 aromatic heterocycles. The van der Waals surface area contributed by atoms with Crippen molar-refractivity contribution in [2.45, 2.75) is 33.7 Å². The fourth-order valence-corrected chi connectivity index (χ4v) is 1.62. The lowest BCUT2D eigenvalue weighted by Gasteiger charge is -2.24. The Hall–Kier alpha value is 0.330. The highest BCUT2D eigenvalue weighted by Crippen LogP contribution is 2.24. The van der Waals surface area contributed by atoms with Crippen LogP contribution in [0.2, 0.25) is 0 Å².